The van der Waals surface area contributed by atoms with Crippen molar-refractivity contribution in [2.45, 2.75) is 26.4 Å². The maximum Gasteiger partial charge on any atom is 0.334 e. The van der Waals surface area contributed by atoms with Gasteiger partial charge in [-0.1, -0.05) is 6.92 Å². The molecule has 3 nitrogen and oxygen atoms in total. The van der Waals surface area contributed by atoms with Crippen molar-refractivity contribution in [2.24, 2.45) is 0 Å². The molecule has 0 bridgehead atoms. The first kappa shape index (κ1) is 11.8. The van der Waals surface area contributed by atoms with Crippen LogP contribution in [0.15, 0.2) is 0 Å². The molecular weight excluding hydrogens is 176 g/mol. The number of rotatable bonds is 6. The number of thioether (sulfide) groups is 1. The number of aliphatic hydroxyl groups is 1. The molecule has 0 saturated heterocycles. The Balaban J connectivity index is 3.42. The molecule has 0 radical (unpaired) electrons. The van der Waals surface area contributed by atoms with E-state index in [0.29, 0.717) is 13.0 Å². The highest BCUT2D eigenvalue weighted by Gasteiger charge is 2.14. The van der Waals surface area contributed by atoms with Gasteiger partial charge in [-0.05, 0) is 24.9 Å². The van der Waals surface area contributed by atoms with E-state index in [1.165, 1.54) is 0 Å². The minimum Gasteiger partial charge on any atom is -0.464 e. The fraction of sp³-hybridized carbons (Fsp3) is 0.875. The summed E-state index contributed by atoms with van der Waals surface area (Å²) in [6.07, 6.45) is -0.457. The second-order valence-electron chi connectivity index (χ2n) is 2.25. The van der Waals surface area contributed by atoms with E-state index in [1.54, 1.807) is 18.7 Å². The standard InChI is InChI=1S/C8H16O3S/c1-3-11-8(10)7(9)5-6-12-4-2/h7,9H,3-6H2,1-2H3. The van der Waals surface area contributed by atoms with E-state index in [9.17, 15) is 9.90 Å². The minimum atomic E-state index is -0.941. The van der Waals surface area contributed by atoms with Gasteiger partial charge in [0.15, 0.2) is 6.10 Å². The zero-order valence-electron chi connectivity index (χ0n) is 7.58. The molecule has 0 amide bonds. The van der Waals surface area contributed by atoms with E-state index in [1.807, 2.05) is 6.92 Å². The molecule has 0 aliphatic rings. The Kier molecular flexibility index (Phi) is 7.29. The summed E-state index contributed by atoms with van der Waals surface area (Å²) in [4.78, 5) is 10.9. The van der Waals surface area contributed by atoms with Crippen LogP contribution in [-0.4, -0.2) is 35.3 Å². The number of esters is 1. The van der Waals surface area contributed by atoms with Gasteiger partial charge in [-0.2, -0.15) is 11.8 Å². The molecule has 0 fully saturated rings. The fourth-order valence-electron chi connectivity index (χ4n) is 0.696. The summed E-state index contributed by atoms with van der Waals surface area (Å²) >= 11 is 1.70. The Morgan fingerprint density at radius 1 is 1.58 bits per heavy atom. The molecule has 0 heterocycles. The largest absolute Gasteiger partial charge is 0.464 e. The lowest BCUT2D eigenvalue weighted by atomic mass is 10.3. The average Bonchev–Trinajstić information content (AvgIpc) is 2.05. The van der Waals surface area contributed by atoms with Crippen molar-refractivity contribution in [3.63, 3.8) is 0 Å². The Morgan fingerprint density at radius 3 is 2.75 bits per heavy atom. The predicted molar refractivity (Wildman–Crippen MR) is 50.3 cm³/mol. The van der Waals surface area contributed by atoms with Gasteiger partial charge < -0.3 is 9.84 Å². The van der Waals surface area contributed by atoms with Crippen LogP contribution in [0.25, 0.3) is 0 Å². The van der Waals surface area contributed by atoms with Gasteiger partial charge >= 0.3 is 5.97 Å². The van der Waals surface area contributed by atoms with Gasteiger partial charge in [0.05, 0.1) is 6.61 Å². The van der Waals surface area contributed by atoms with Gasteiger partial charge in [0.2, 0.25) is 0 Å². The van der Waals surface area contributed by atoms with Gasteiger partial charge in [-0.15, -0.1) is 0 Å². The molecular formula is C8H16O3S. The number of carbonyl (C=O) groups excluding carboxylic acids is 1. The molecule has 12 heavy (non-hydrogen) atoms. The van der Waals surface area contributed by atoms with Crippen LogP contribution in [0.2, 0.25) is 0 Å². The molecule has 0 rings (SSSR count). The van der Waals surface area contributed by atoms with Crippen LogP contribution >= 0.6 is 11.8 Å². The number of ether oxygens (including phenoxy) is 1. The maximum absolute atomic E-state index is 10.9. The first-order chi connectivity index (χ1) is 5.72. The van der Waals surface area contributed by atoms with Crippen molar-refractivity contribution in [1.29, 1.82) is 0 Å². The highest BCUT2D eigenvalue weighted by Crippen LogP contribution is 2.04. The van der Waals surface area contributed by atoms with Crippen molar-refractivity contribution in [2.75, 3.05) is 18.1 Å². The molecule has 0 aromatic carbocycles. The van der Waals surface area contributed by atoms with E-state index in [-0.39, 0.29) is 0 Å². The highest BCUT2D eigenvalue weighted by molar-refractivity contribution is 7.99. The second-order valence-corrected chi connectivity index (χ2v) is 3.65. The molecule has 0 spiro atoms. The number of hydrogen-bond acceptors (Lipinski definition) is 4. The summed E-state index contributed by atoms with van der Waals surface area (Å²) in [5.41, 5.74) is 0. The zero-order valence-corrected chi connectivity index (χ0v) is 8.39. The lowest BCUT2D eigenvalue weighted by Gasteiger charge is -2.08. The maximum atomic E-state index is 10.9. The molecule has 1 N–H and O–H groups in total. The van der Waals surface area contributed by atoms with Crippen LogP contribution < -0.4 is 0 Å². The van der Waals surface area contributed by atoms with Crippen LogP contribution in [0.5, 0.6) is 0 Å². The van der Waals surface area contributed by atoms with Gasteiger partial charge in [-0.3, -0.25) is 0 Å². The summed E-state index contributed by atoms with van der Waals surface area (Å²) in [6, 6.07) is 0. The third-order valence-corrected chi connectivity index (χ3v) is 2.23. The van der Waals surface area contributed by atoms with Crippen LogP contribution in [0.3, 0.4) is 0 Å². The molecule has 1 unspecified atom stereocenters. The molecule has 0 aromatic rings. The third kappa shape index (κ3) is 5.43. The number of aliphatic hydroxyl groups excluding tert-OH is 1. The van der Waals surface area contributed by atoms with Gasteiger partial charge in [-0.25, -0.2) is 4.79 Å². The molecule has 4 heteroatoms. The Bertz CT molecular complexity index is 127. The fourth-order valence-corrected chi connectivity index (χ4v) is 1.37. The third-order valence-electron chi connectivity index (χ3n) is 1.30. The summed E-state index contributed by atoms with van der Waals surface area (Å²) < 4.78 is 4.64. The number of hydrogen-bond donors (Lipinski definition) is 1. The summed E-state index contributed by atoms with van der Waals surface area (Å²) in [7, 11) is 0. The van der Waals surface area contributed by atoms with Crippen LogP contribution in [0.1, 0.15) is 20.3 Å². The van der Waals surface area contributed by atoms with Crippen molar-refractivity contribution in [3.05, 3.63) is 0 Å². The minimum absolute atomic E-state index is 0.330. The van der Waals surface area contributed by atoms with Crippen molar-refractivity contribution < 1.29 is 14.6 Å². The average molecular weight is 192 g/mol. The quantitative estimate of drug-likeness (QED) is 0.505. The van der Waals surface area contributed by atoms with Crippen molar-refractivity contribution in [1.82, 2.24) is 0 Å². The lowest BCUT2D eigenvalue weighted by molar-refractivity contribution is -0.153. The number of carbonyl (C=O) groups is 1. The second kappa shape index (κ2) is 7.43. The van der Waals surface area contributed by atoms with Crippen LogP contribution in [0, 0.1) is 0 Å². The van der Waals surface area contributed by atoms with Crippen LogP contribution in [-0.2, 0) is 9.53 Å². The molecule has 0 saturated carbocycles. The molecule has 0 aliphatic heterocycles. The summed E-state index contributed by atoms with van der Waals surface area (Å²) in [5.74, 6) is 1.31. The Labute approximate surface area is 77.5 Å². The summed E-state index contributed by atoms with van der Waals surface area (Å²) in [5, 5.41) is 9.19. The van der Waals surface area contributed by atoms with Crippen molar-refractivity contribution >= 4 is 17.7 Å². The van der Waals surface area contributed by atoms with Gasteiger partial charge in [0, 0.05) is 0 Å². The van der Waals surface area contributed by atoms with Crippen LogP contribution in [0.4, 0.5) is 0 Å². The van der Waals surface area contributed by atoms with Gasteiger partial charge in [0.25, 0.3) is 0 Å². The van der Waals surface area contributed by atoms with E-state index in [2.05, 4.69) is 4.74 Å². The lowest BCUT2D eigenvalue weighted by Crippen LogP contribution is -2.23. The smallest absolute Gasteiger partial charge is 0.334 e. The topological polar surface area (TPSA) is 46.5 Å². The molecule has 1 atom stereocenters. The van der Waals surface area contributed by atoms with E-state index >= 15 is 0 Å². The molecule has 72 valence electrons. The summed E-state index contributed by atoms with van der Waals surface area (Å²) in [6.45, 7) is 4.10. The van der Waals surface area contributed by atoms with Crippen molar-refractivity contribution in [3.8, 4) is 0 Å². The first-order valence-electron chi connectivity index (χ1n) is 4.14. The van der Waals surface area contributed by atoms with E-state index < -0.39 is 12.1 Å². The first-order valence-corrected chi connectivity index (χ1v) is 5.30. The van der Waals surface area contributed by atoms with E-state index in [0.717, 1.165) is 11.5 Å². The Morgan fingerprint density at radius 2 is 2.25 bits per heavy atom. The van der Waals surface area contributed by atoms with E-state index in [4.69, 9.17) is 0 Å². The SMILES string of the molecule is CCOC(=O)C(O)CCSCC. The van der Waals surface area contributed by atoms with Gasteiger partial charge in [0.1, 0.15) is 0 Å². The zero-order chi connectivity index (χ0) is 9.40. The Hall–Kier alpha value is -0.220. The highest BCUT2D eigenvalue weighted by atomic mass is 32.2. The normalized spacial score (nSPS) is 12.6. The predicted octanol–water partition coefficient (Wildman–Crippen LogP) is 1.05. The molecule has 0 aliphatic carbocycles. The monoisotopic (exact) mass is 192 g/mol. The molecule has 0 aromatic heterocycles.